The third-order valence-electron chi connectivity index (χ3n) is 3.87. The molecule has 0 radical (unpaired) electrons. The molecule has 1 aromatic carbocycles. The molecule has 0 aliphatic carbocycles. The molecule has 0 unspecified atom stereocenters. The summed E-state index contributed by atoms with van der Waals surface area (Å²) in [6.45, 7) is 3.77. The lowest BCUT2D eigenvalue weighted by Crippen LogP contribution is -2.36. The first-order valence-corrected chi connectivity index (χ1v) is 8.69. The smallest absolute Gasteiger partial charge is 0.526 e. The van der Waals surface area contributed by atoms with Gasteiger partial charge in [-0.2, -0.15) is 0 Å². The lowest BCUT2D eigenvalue weighted by atomic mass is 9.64. The number of fused-ring (bicyclic) bond motifs is 1. The van der Waals surface area contributed by atoms with Gasteiger partial charge in [0.15, 0.2) is 0 Å². The molecule has 1 aliphatic rings. The van der Waals surface area contributed by atoms with Gasteiger partial charge in [-0.3, -0.25) is 4.79 Å². The second-order valence-electron chi connectivity index (χ2n) is 5.72. The standard InChI is InChI=1S/C16H19BCl2O5/c1-3-5-11(20)8-10-6-9-7-12(18)14(19)13(16(21)23-4-2)15(9)24-17(10)22/h7,10,22H,3-6,8H2,1-2H3/t10-/m1/s1. The molecule has 8 heteroatoms. The van der Waals surface area contributed by atoms with Crippen LogP contribution in [0.25, 0.3) is 0 Å². The average molecular weight is 373 g/mol. The first-order chi connectivity index (χ1) is 11.4. The molecule has 0 saturated carbocycles. The van der Waals surface area contributed by atoms with E-state index in [1.807, 2.05) is 6.92 Å². The molecule has 1 N–H and O–H groups in total. The number of esters is 1. The van der Waals surface area contributed by atoms with Crippen LogP contribution < -0.4 is 4.65 Å². The first-order valence-electron chi connectivity index (χ1n) is 7.93. The highest BCUT2D eigenvalue weighted by Crippen LogP contribution is 2.42. The van der Waals surface area contributed by atoms with Crippen molar-refractivity contribution in [2.24, 2.45) is 0 Å². The number of halogens is 2. The Kier molecular flexibility index (Phi) is 6.55. The summed E-state index contributed by atoms with van der Waals surface area (Å²) in [6, 6.07) is 1.60. The van der Waals surface area contributed by atoms with E-state index in [1.54, 1.807) is 13.0 Å². The van der Waals surface area contributed by atoms with Crippen LogP contribution in [0.1, 0.15) is 49.0 Å². The van der Waals surface area contributed by atoms with E-state index in [2.05, 4.69) is 0 Å². The fraction of sp³-hybridized carbons (Fsp3) is 0.500. The van der Waals surface area contributed by atoms with E-state index in [-0.39, 0.29) is 46.0 Å². The van der Waals surface area contributed by atoms with Crippen molar-refractivity contribution in [3.8, 4) is 5.75 Å². The Bertz CT molecular complexity index is 650. The van der Waals surface area contributed by atoms with Gasteiger partial charge < -0.3 is 14.4 Å². The van der Waals surface area contributed by atoms with Crippen molar-refractivity contribution in [2.45, 2.75) is 45.3 Å². The Balaban J connectivity index is 2.35. The Hall–Kier alpha value is -1.24. The minimum absolute atomic E-state index is 0.0124. The summed E-state index contributed by atoms with van der Waals surface area (Å²) in [5, 5.41) is 10.5. The number of benzene rings is 1. The predicted molar refractivity (Wildman–Crippen MR) is 93.0 cm³/mol. The van der Waals surface area contributed by atoms with Crippen molar-refractivity contribution in [3.63, 3.8) is 0 Å². The van der Waals surface area contributed by atoms with E-state index >= 15 is 0 Å². The Labute approximate surface area is 151 Å². The predicted octanol–water partition coefficient (Wildman–Crippen LogP) is 3.72. The Morgan fingerprint density at radius 3 is 2.75 bits per heavy atom. The third kappa shape index (κ3) is 4.05. The summed E-state index contributed by atoms with van der Waals surface area (Å²) in [5.41, 5.74) is 0.644. The van der Waals surface area contributed by atoms with Crippen LogP contribution >= 0.6 is 23.2 Å². The molecule has 5 nitrogen and oxygen atoms in total. The summed E-state index contributed by atoms with van der Waals surface area (Å²) >= 11 is 12.2. The van der Waals surface area contributed by atoms with Gasteiger partial charge in [-0.25, -0.2) is 4.79 Å². The van der Waals surface area contributed by atoms with Crippen molar-refractivity contribution in [2.75, 3.05) is 6.61 Å². The number of carbonyl (C=O) groups excluding carboxylic acids is 2. The molecule has 0 amide bonds. The highest BCUT2D eigenvalue weighted by molar-refractivity contribution is 6.48. The molecule has 1 aliphatic heterocycles. The molecule has 0 fully saturated rings. The first kappa shape index (κ1) is 19.1. The van der Waals surface area contributed by atoms with Crippen LogP contribution in [0.2, 0.25) is 15.9 Å². The van der Waals surface area contributed by atoms with Crippen LogP contribution in [-0.4, -0.2) is 30.5 Å². The quantitative estimate of drug-likeness (QED) is 0.608. The number of carbonyl (C=O) groups is 2. The van der Waals surface area contributed by atoms with Gasteiger partial charge in [-0.1, -0.05) is 30.1 Å². The van der Waals surface area contributed by atoms with Gasteiger partial charge in [0.05, 0.1) is 16.7 Å². The van der Waals surface area contributed by atoms with E-state index in [0.717, 1.165) is 6.42 Å². The van der Waals surface area contributed by atoms with Crippen molar-refractivity contribution >= 4 is 42.1 Å². The Morgan fingerprint density at radius 2 is 2.12 bits per heavy atom. The third-order valence-corrected chi connectivity index (χ3v) is 4.66. The van der Waals surface area contributed by atoms with Gasteiger partial charge in [-0.15, -0.1) is 0 Å². The van der Waals surface area contributed by atoms with Gasteiger partial charge in [-0.05, 0) is 31.4 Å². The van der Waals surface area contributed by atoms with E-state index < -0.39 is 13.1 Å². The topological polar surface area (TPSA) is 72.8 Å². The number of hydrogen-bond donors (Lipinski definition) is 1. The minimum atomic E-state index is -1.19. The molecule has 0 aromatic heterocycles. The molecule has 0 saturated heterocycles. The fourth-order valence-corrected chi connectivity index (χ4v) is 3.22. The van der Waals surface area contributed by atoms with Gasteiger partial charge in [0.1, 0.15) is 17.1 Å². The molecular weight excluding hydrogens is 354 g/mol. The normalized spacial score (nSPS) is 16.4. The van der Waals surface area contributed by atoms with Crippen LogP contribution in [0.5, 0.6) is 5.75 Å². The van der Waals surface area contributed by atoms with E-state index in [1.165, 1.54) is 0 Å². The van der Waals surface area contributed by atoms with Crippen LogP contribution in [0.3, 0.4) is 0 Å². The molecule has 130 valence electrons. The summed E-state index contributed by atoms with van der Waals surface area (Å²) < 4.78 is 10.5. The van der Waals surface area contributed by atoms with Gasteiger partial charge >= 0.3 is 13.1 Å². The highest BCUT2D eigenvalue weighted by Gasteiger charge is 2.39. The van der Waals surface area contributed by atoms with Crippen molar-refractivity contribution < 1.29 is 24.0 Å². The van der Waals surface area contributed by atoms with Crippen LogP contribution in [0.15, 0.2) is 6.07 Å². The van der Waals surface area contributed by atoms with Gasteiger partial charge in [0.25, 0.3) is 0 Å². The van der Waals surface area contributed by atoms with E-state index in [0.29, 0.717) is 18.4 Å². The zero-order valence-electron chi connectivity index (χ0n) is 13.6. The zero-order chi connectivity index (χ0) is 17.9. The molecule has 1 atom stereocenters. The molecule has 1 heterocycles. The maximum absolute atomic E-state index is 12.2. The summed E-state index contributed by atoms with van der Waals surface area (Å²) in [5.74, 6) is -0.799. The second-order valence-corrected chi connectivity index (χ2v) is 6.51. The van der Waals surface area contributed by atoms with Crippen LogP contribution in [0.4, 0.5) is 0 Å². The maximum atomic E-state index is 12.2. The number of ether oxygens (including phenoxy) is 1. The molecule has 0 spiro atoms. The summed E-state index contributed by atoms with van der Waals surface area (Å²) in [6.07, 6.45) is 1.80. The number of hydrogen-bond acceptors (Lipinski definition) is 5. The van der Waals surface area contributed by atoms with Crippen LogP contribution in [-0.2, 0) is 16.0 Å². The van der Waals surface area contributed by atoms with Gasteiger partial charge in [0, 0.05) is 18.7 Å². The lowest BCUT2D eigenvalue weighted by Gasteiger charge is -2.29. The maximum Gasteiger partial charge on any atom is 0.526 e. The SMILES string of the molecule is CCCC(=O)C[C@H]1Cc2cc(Cl)c(Cl)c(C(=O)OCC)c2OB1O. The Morgan fingerprint density at radius 1 is 1.42 bits per heavy atom. The summed E-state index contributed by atoms with van der Waals surface area (Å²) in [4.78, 5) is 24.0. The molecule has 1 aromatic rings. The number of rotatable bonds is 6. The minimum Gasteiger partial charge on any atom is -0.535 e. The highest BCUT2D eigenvalue weighted by atomic mass is 35.5. The fourth-order valence-electron chi connectivity index (χ4n) is 2.78. The van der Waals surface area contributed by atoms with Crippen molar-refractivity contribution in [1.29, 1.82) is 0 Å². The number of ketones is 1. The molecule has 2 rings (SSSR count). The van der Waals surface area contributed by atoms with E-state index in [4.69, 9.17) is 32.6 Å². The van der Waals surface area contributed by atoms with Crippen molar-refractivity contribution in [3.05, 3.63) is 27.2 Å². The number of Topliss-reactive ketones (excluding diaryl/α,β-unsaturated/α-hetero) is 1. The largest absolute Gasteiger partial charge is 0.535 e. The molecule has 0 bridgehead atoms. The second kappa shape index (κ2) is 8.23. The zero-order valence-corrected chi connectivity index (χ0v) is 15.1. The van der Waals surface area contributed by atoms with Gasteiger partial charge in [0.2, 0.25) is 0 Å². The molecule has 24 heavy (non-hydrogen) atoms. The lowest BCUT2D eigenvalue weighted by molar-refractivity contribution is -0.119. The monoisotopic (exact) mass is 372 g/mol. The van der Waals surface area contributed by atoms with E-state index in [9.17, 15) is 14.6 Å². The van der Waals surface area contributed by atoms with Crippen LogP contribution in [0, 0.1) is 0 Å². The van der Waals surface area contributed by atoms with Crippen molar-refractivity contribution in [1.82, 2.24) is 0 Å². The molecular formula is C16H19BCl2O5. The average Bonchev–Trinajstić information content (AvgIpc) is 2.51. The summed E-state index contributed by atoms with van der Waals surface area (Å²) in [7, 11) is -1.19.